The number of rotatable bonds is 9. The molecular weight excluding hydrogens is 344 g/mol. The molecule has 0 radical (unpaired) electrons. The van der Waals surface area contributed by atoms with Gasteiger partial charge in [-0.05, 0) is 59.9 Å². The van der Waals surface area contributed by atoms with Gasteiger partial charge in [0.05, 0.1) is 17.7 Å². The molecule has 0 spiro atoms. The van der Waals surface area contributed by atoms with E-state index in [0.29, 0.717) is 25.5 Å². The average Bonchev–Trinajstić information content (AvgIpc) is 3.31. The molecule has 7 nitrogen and oxygen atoms in total. The fraction of sp³-hybridized carbons (Fsp3) is 0.700. The lowest BCUT2D eigenvalue weighted by atomic mass is 10.0. The van der Waals surface area contributed by atoms with Crippen LogP contribution in [0, 0.1) is 17.2 Å². The number of carbonyl (C=O) groups excluding carboxylic acids is 2. The molecule has 1 amide bonds. The van der Waals surface area contributed by atoms with Crippen LogP contribution in [0.4, 0.5) is 0 Å². The largest absolute Gasteiger partial charge is 0.379 e. The van der Waals surface area contributed by atoms with Crippen molar-refractivity contribution in [3.63, 3.8) is 0 Å². The van der Waals surface area contributed by atoms with Crippen molar-refractivity contribution in [1.82, 2.24) is 15.1 Å². The second kappa shape index (κ2) is 8.66. The molecule has 1 aliphatic rings. The molecule has 148 valence electrons. The minimum absolute atomic E-state index is 0.132. The summed E-state index contributed by atoms with van der Waals surface area (Å²) in [5.41, 5.74) is 0.933. The third kappa shape index (κ3) is 5.64. The summed E-state index contributed by atoms with van der Waals surface area (Å²) in [7, 11) is 0. The monoisotopic (exact) mass is 374 g/mol. The molecule has 1 fully saturated rings. The fourth-order valence-corrected chi connectivity index (χ4v) is 2.81. The molecule has 1 atom stereocenters. The van der Waals surface area contributed by atoms with E-state index in [1.54, 1.807) is 6.07 Å². The van der Waals surface area contributed by atoms with E-state index in [0.717, 1.165) is 18.5 Å². The van der Waals surface area contributed by atoms with Gasteiger partial charge in [0.25, 0.3) is 0 Å². The summed E-state index contributed by atoms with van der Waals surface area (Å²) < 4.78 is 7.26. The predicted molar refractivity (Wildman–Crippen MR) is 101 cm³/mol. The Kier molecular flexibility index (Phi) is 6.77. The van der Waals surface area contributed by atoms with Crippen LogP contribution in [-0.4, -0.2) is 40.7 Å². The Morgan fingerprint density at radius 3 is 2.59 bits per heavy atom. The zero-order valence-corrected chi connectivity index (χ0v) is 16.9. The molecule has 7 heteroatoms. The van der Waals surface area contributed by atoms with Crippen LogP contribution >= 0.6 is 0 Å². The molecule has 1 aromatic rings. The number of ether oxygens (including phenoxy) is 1. The van der Waals surface area contributed by atoms with Crippen LogP contribution in [0.25, 0.3) is 0 Å². The number of Topliss-reactive ketones (excluding diaryl/α,β-unsaturated/α-hetero) is 1. The molecule has 0 bridgehead atoms. The van der Waals surface area contributed by atoms with Crippen molar-refractivity contribution in [1.29, 1.82) is 5.26 Å². The smallest absolute Gasteiger partial charge is 0.245 e. The van der Waals surface area contributed by atoms with Gasteiger partial charge in [0, 0.05) is 24.8 Å². The normalized spacial score (nSPS) is 15.4. The van der Waals surface area contributed by atoms with Crippen molar-refractivity contribution < 1.29 is 14.3 Å². The van der Waals surface area contributed by atoms with Gasteiger partial charge in [0.1, 0.15) is 5.69 Å². The van der Waals surface area contributed by atoms with Crippen LogP contribution < -0.4 is 5.32 Å². The minimum atomic E-state index is -1.38. The summed E-state index contributed by atoms with van der Waals surface area (Å²) in [6.45, 7) is 10.8. The van der Waals surface area contributed by atoms with Gasteiger partial charge in [0.2, 0.25) is 11.7 Å². The number of aromatic nitrogens is 2. The zero-order valence-electron chi connectivity index (χ0n) is 16.9. The summed E-state index contributed by atoms with van der Waals surface area (Å²) >= 11 is 0. The van der Waals surface area contributed by atoms with Gasteiger partial charge in [-0.2, -0.15) is 10.4 Å². The van der Waals surface area contributed by atoms with Gasteiger partial charge >= 0.3 is 0 Å². The first-order chi connectivity index (χ1) is 12.6. The summed E-state index contributed by atoms with van der Waals surface area (Å²) in [6, 6.07) is 3.58. The van der Waals surface area contributed by atoms with Gasteiger partial charge in [-0.25, -0.2) is 0 Å². The molecule has 1 N–H and O–H groups in total. The Labute approximate surface area is 161 Å². The van der Waals surface area contributed by atoms with E-state index in [2.05, 4.69) is 10.4 Å². The lowest BCUT2D eigenvalue weighted by Gasteiger charge is -2.22. The molecule has 1 saturated carbocycles. The number of hydrogen-bond donors (Lipinski definition) is 1. The third-order valence-electron chi connectivity index (χ3n) is 4.35. The molecule has 0 saturated heterocycles. The van der Waals surface area contributed by atoms with Gasteiger partial charge in [0.15, 0.2) is 5.92 Å². The minimum Gasteiger partial charge on any atom is -0.379 e. The van der Waals surface area contributed by atoms with Crippen LogP contribution in [0.15, 0.2) is 6.07 Å². The van der Waals surface area contributed by atoms with Crippen LogP contribution in [0.3, 0.4) is 0 Å². The second-order valence-electron chi connectivity index (χ2n) is 8.30. The highest BCUT2D eigenvalue weighted by Gasteiger charge is 2.35. The van der Waals surface area contributed by atoms with Crippen molar-refractivity contribution in [2.75, 3.05) is 13.2 Å². The van der Waals surface area contributed by atoms with E-state index in [4.69, 9.17) is 4.74 Å². The van der Waals surface area contributed by atoms with E-state index >= 15 is 0 Å². The Bertz CT molecular complexity index is 721. The topological polar surface area (TPSA) is 97.0 Å². The quantitative estimate of drug-likeness (QED) is 0.407. The SMILES string of the molecule is CC(C)OCCCNC(=O)C(C#N)C(=O)c1cc(C2CC2)n(C(C)(C)C)n1. The maximum atomic E-state index is 12.7. The number of ketones is 1. The third-order valence-corrected chi connectivity index (χ3v) is 4.35. The van der Waals surface area contributed by atoms with E-state index in [1.807, 2.05) is 45.4 Å². The van der Waals surface area contributed by atoms with E-state index in [9.17, 15) is 14.9 Å². The maximum Gasteiger partial charge on any atom is 0.245 e. The summed E-state index contributed by atoms with van der Waals surface area (Å²) in [6.07, 6.45) is 2.92. The molecule has 0 aromatic carbocycles. The van der Waals surface area contributed by atoms with Crippen LogP contribution in [0.1, 0.15) is 76.0 Å². The highest BCUT2D eigenvalue weighted by molar-refractivity contribution is 6.11. The molecular formula is C20H30N4O3. The van der Waals surface area contributed by atoms with E-state index in [1.165, 1.54) is 0 Å². The van der Waals surface area contributed by atoms with Gasteiger partial charge in [-0.3, -0.25) is 14.3 Å². The Balaban J connectivity index is 2.04. The predicted octanol–water partition coefficient (Wildman–Crippen LogP) is 2.77. The number of nitrogens with zero attached hydrogens (tertiary/aromatic N) is 3. The molecule has 1 aromatic heterocycles. The van der Waals surface area contributed by atoms with Crippen LogP contribution in [0.5, 0.6) is 0 Å². The number of carbonyl (C=O) groups is 2. The maximum absolute atomic E-state index is 12.7. The second-order valence-corrected chi connectivity index (χ2v) is 8.30. The van der Waals surface area contributed by atoms with E-state index < -0.39 is 17.6 Å². The molecule has 27 heavy (non-hydrogen) atoms. The van der Waals surface area contributed by atoms with Crippen molar-refractivity contribution in [3.8, 4) is 6.07 Å². The highest BCUT2D eigenvalue weighted by atomic mass is 16.5. The molecule has 0 aliphatic heterocycles. The molecule has 2 rings (SSSR count). The van der Waals surface area contributed by atoms with Gasteiger partial charge < -0.3 is 10.1 Å². The first kappa shape index (κ1) is 21.1. The number of hydrogen-bond acceptors (Lipinski definition) is 5. The zero-order chi connectivity index (χ0) is 20.2. The molecule has 1 heterocycles. The van der Waals surface area contributed by atoms with Crippen LogP contribution in [0.2, 0.25) is 0 Å². The Hall–Kier alpha value is -2.20. The Morgan fingerprint density at radius 2 is 2.07 bits per heavy atom. The fourth-order valence-electron chi connectivity index (χ4n) is 2.81. The van der Waals surface area contributed by atoms with Crippen molar-refractivity contribution in [2.45, 2.75) is 71.4 Å². The average molecular weight is 374 g/mol. The number of amides is 1. The number of nitrogens with one attached hydrogen (secondary N) is 1. The summed E-state index contributed by atoms with van der Waals surface area (Å²) in [4.78, 5) is 25.0. The van der Waals surface area contributed by atoms with Gasteiger partial charge in [-0.15, -0.1) is 0 Å². The lowest BCUT2D eigenvalue weighted by Crippen LogP contribution is -2.36. The van der Waals surface area contributed by atoms with Crippen molar-refractivity contribution >= 4 is 11.7 Å². The van der Waals surface area contributed by atoms with Crippen LogP contribution in [-0.2, 0) is 15.1 Å². The van der Waals surface area contributed by atoms with E-state index in [-0.39, 0.29) is 17.3 Å². The molecule has 1 unspecified atom stereocenters. The lowest BCUT2D eigenvalue weighted by molar-refractivity contribution is -0.122. The standard InChI is InChI=1S/C20H30N4O3/c1-13(2)27-10-6-9-22-19(26)15(12-21)18(25)16-11-17(14-7-8-14)24(23-16)20(3,4)5/h11,13-15H,6-10H2,1-5H3,(H,22,26). The first-order valence-corrected chi connectivity index (χ1v) is 9.58. The number of nitriles is 1. The summed E-state index contributed by atoms with van der Waals surface area (Å²) in [5.74, 6) is -2.09. The van der Waals surface area contributed by atoms with Gasteiger partial charge in [-0.1, -0.05) is 0 Å². The van der Waals surface area contributed by atoms with Crippen molar-refractivity contribution in [2.24, 2.45) is 5.92 Å². The molecule has 1 aliphatic carbocycles. The first-order valence-electron chi connectivity index (χ1n) is 9.58. The Morgan fingerprint density at radius 1 is 1.41 bits per heavy atom. The summed E-state index contributed by atoms with van der Waals surface area (Å²) in [5, 5.41) is 16.5. The van der Waals surface area contributed by atoms with Crippen molar-refractivity contribution in [3.05, 3.63) is 17.5 Å². The highest BCUT2D eigenvalue weighted by Crippen LogP contribution is 2.41.